The first kappa shape index (κ1) is 10.7. The van der Waals surface area contributed by atoms with Crippen molar-refractivity contribution in [2.24, 2.45) is 0 Å². The molecule has 0 amide bonds. The number of nitrogens with two attached hydrogens (primary N) is 1. The van der Waals surface area contributed by atoms with E-state index in [1.165, 1.54) is 0 Å². The van der Waals surface area contributed by atoms with Crippen molar-refractivity contribution in [1.29, 1.82) is 0 Å². The molecular formula is C8H11ClN4O. The summed E-state index contributed by atoms with van der Waals surface area (Å²) in [5.74, 6) is 0.0590. The quantitative estimate of drug-likeness (QED) is 0.593. The van der Waals surface area contributed by atoms with Gasteiger partial charge in [-0.05, 0) is 24.4 Å². The lowest BCUT2D eigenvalue weighted by Gasteiger charge is -2.02. The van der Waals surface area contributed by atoms with Crippen LogP contribution in [0.15, 0.2) is 12.7 Å². The van der Waals surface area contributed by atoms with Crippen LogP contribution >= 0.6 is 11.6 Å². The molecule has 0 aliphatic rings. The molecule has 0 radical (unpaired) electrons. The van der Waals surface area contributed by atoms with Gasteiger partial charge in [-0.1, -0.05) is 6.08 Å². The zero-order valence-corrected chi connectivity index (χ0v) is 8.37. The van der Waals surface area contributed by atoms with E-state index in [9.17, 15) is 0 Å². The molecular weight excluding hydrogens is 204 g/mol. The van der Waals surface area contributed by atoms with Crippen molar-refractivity contribution >= 4 is 17.5 Å². The van der Waals surface area contributed by atoms with E-state index in [1.807, 2.05) is 6.08 Å². The van der Waals surface area contributed by atoms with Crippen LogP contribution in [0.25, 0.3) is 0 Å². The van der Waals surface area contributed by atoms with Gasteiger partial charge in [0.1, 0.15) is 0 Å². The molecule has 0 aliphatic carbocycles. The van der Waals surface area contributed by atoms with Gasteiger partial charge < -0.3 is 10.5 Å². The van der Waals surface area contributed by atoms with E-state index >= 15 is 0 Å². The maximum absolute atomic E-state index is 5.55. The number of nitrogens with zero attached hydrogens (tertiary/aromatic N) is 3. The maximum Gasteiger partial charge on any atom is 0.322 e. The van der Waals surface area contributed by atoms with E-state index in [4.69, 9.17) is 22.1 Å². The predicted molar refractivity (Wildman–Crippen MR) is 54.2 cm³/mol. The van der Waals surface area contributed by atoms with Crippen molar-refractivity contribution in [3.05, 3.63) is 17.9 Å². The van der Waals surface area contributed by atoms with E-state index < -0.39 is 0 Å². The molecule has 0 aliphatic heterocycles. The summed E-state index contributed by atoms with van der Waals surface area (Å²) < 4.78 is 5.20. The second-order valence-corrected chi connectivity index (χ2v) is 2.86. The molecule has 0 atom stereocenters. The first-order valence-corrected chi connectivity index (χ1v) is 4.51. The summed E-state index contributed by atoms with van der Waals surface area (Å²) in [6.45, 7) is 4.10. The number of hydrogen-bond donors (Lipinski definition) is 1. The van der Waals surface area contributed by atoms with E-state index in [2.05, 4.69) is 21.5 Å². The zero-order chi connectivity index (χ0) is 10.4. The summed E-state index contributed by atoms with van der Waals surface area (Å²) in [6.07, 6.45) is 3.55. The fourth-order valence-corrected chi connectivity index (χ4v) is 0.961. The SMILES string of the molecule is C=CCCCOc1nc(N)nc(Cl)n1. The molecule has 1 heterocycles. The molecule has 0 bridgehead atoms. The Kier molecular flexibility index (Phi) is 4.12. The number of halogens is 1. The Balaban J connectivity index is 2.46. The van der Waals surface area contributed by atoms with Gasteiger partial charge in [0.25, 0.3) is 0 Å². The zero-order valence-electron chi connectivity index (χ0n) is 7.61. The molecule has 0 unspecified atom stereocenters. The summed E-state index contributed by atoms with van der Waals surface area (Å²) in [7, 11) is 0. The minimum atomic E-state index is 0.0382. The standard InChI is InChI=1S/C8H11ClN4O/c1-2-3-4-5-14-8-12-6(9)11-7(10)13-8/h2H,1,3-5H2,(H2,10,11,12,13). The molecule has 5 nitrogen and oxygen atoms in total. The Bertz CT molecular complexity index is 298. The van der Waals surface area contributed by atoms with Crippen molar-refractivity contribution < 1.29 is 4.74 Å². The van der Waals surface area contributed by atoms with Crippen LogP contribution < -0.4 is 10.5 Å². The van der Waals surface area contributed by atoms with E-state index in [1.54, 1.807) is 0 Å². The maximum atomic E-state index is 5.55. The van der Waals surface area contributed by atoms with E-state index in [0.29, 0.717) is 6.61 Å². The van der Waals surface area contributed by atoms with Crippen LogP contribution in [0.5, 0.6) is 6.01 Å². The molecule has 0 spiro atoms. The molecule has 0 fully saturated rings. The minimum absolute atomic E-state index is 0.0382. The van der Waals surface area contributed by atoms with Crippen LogP contribution in [0.3, 0.4) is 0 Å². The normalized spacial score (nSPS) is 9.79. The van der Waals surface area contributed by atoms with Crippen molar-refractivity contribution in [2.45, 2.75) is 12.8 Å². The van der Waals surface area contributed by atoms with Crippen LogP contribution in [-0.4, -0.2) is 21.6 Å². The van der Waals surface area contributed by atoms with E-state index in [0.717, 1.165) is 12.8 Å². The Morgan fingerprint density at radius 3 is 2.86 bits per heavy atom. The van der Waals surface area contributed by atoms with Crippen LogP contribution in [0.2, 0.25) is 5.28 Å². The second-order valence-electron chi connectivity index (χ2n) is 2.52. The number of rotatable bonds is 5. The van der Waals surface area contributed by atoms with Crippen molar-refractivity contribution in [1.82, 2.24) is 15.0 Å². The third-order valence-electron chi connectivity index (χ3n) is 1.39. The topological polar surface area (TPSA) is 73.9 Å². The Labute approximate surface area is 87.0 Å². The van der Waals surface area contributed by atoms with Crippen molar-refractivity contribution in [3.8, 4) is 6.01 Å². The van der Waals surface area contributed by atoms with Gasteiger partial charge in [0.05, 0.1) is 6.61 Å². The highest BCUT2D eigenvalue weighted by Gasteiger charge is 2.02. The lowest BCUT2D eigenvalue weighted by atomic mass is 10.3. The summed E-state index contributed by atoms with van der Waals surface area (Å²) >= 11 is 5.55. The molecule has 0 saturated heterocycles. The van der Waals surface area contributed by atoms with Gasteiger partial charge in [0.2, 0.25) is 11.2 Å². The third kappa shape index (κ3) is 3.57. The number of allylic oxidation sites excluding steroid dienone is 1. The molecule has 6 heteroatoms. The third-order valence-corrected chi connectivity index (χ3v) is 1.56. The molecule has 1 rings (SSSR count). The summed E-state index contributed by atoms with van der Waals surface area (Å²) in [5.41, 5.74) is 5.35. The smallest absolute Gasteiger partial charge is 0.322 e. The Hall–Kier alpha value is -1.36. The molecule has 0 saturated carbocycles. The average Bonchev–Trinajstić information content (AvgIpc) is 2.11. The van der Waals surface area contributed by atoms with Gasteiger partial charge in [0.15, 0.2) is 0 Å². The van der Waals surface area contributed by atoms with Crippen molar-refractivity contribution in [3.63, 3.8) is 0 Å². The number of aromatic nitrogens is 3. The molecule has 76 valence electrons. The predicted octanol–water partition coefficient (Wildman–Crippen LogP) is 1.45. The highest BCUT2D eigenvalue weighted by molar-refractivity contribution is 6.28. The monoisotopic (exact) mass is 214 g/mol. The summed E-state index contributed by atoms with van der Waals surface area (Å²) in [5, 5.41) is 0.0382. The first-order valence-electron chi connectivity index (χ1n) is 4.13. The van der Waals surface area contributed by atoms with Gasteiger partial charge in [-0.2, -0.15) is 15.0 Å². The number of nitrogen functional groups attached to an aromatic ring is 1. The summed E-state index contributed by atoms with van der Waals surface area (Å²) in [4.78, 5) is 11.1. The van der Waals surface area contributed by atoms with Crippen LogP contribution in [0, 0.1) is 0 Å². The second kappa shape index (κ2) is 5.39. The van der Waals surface area contributed by atoms with Gasteiger partial charge in [0, 0.05) is 0 Å². The molecule has 0 aromatic carbocycles. The van der Waals surface area contributed by atoms with Crippen LogP contribution in [0.4, 0.5) is 5.95 Å². The van der Waals surface area contributed by atoms with Gasteiger partial charge in [-0.15, -0.1) is 6.58 Å². The number of hydrogen-bond acceptors (Lipinski definition) is 5. The largest absolute Gasteiger partial charge is 0.463 e. The van der Waals surface area contributed by atoms with Crippen LogP contribution in [-0.2, 0) is 0 Å². The molecule has 1 aromatic rings. The molecule has 2 N–H and O–H groups in total. The lowest BCUT2D eigenvalue weighted by Crippen LogP contribution is -2.04. The van der Waals surface area contributed by atoms with Crippen LogP contribution in [0.1, 0.15) is 12.8 Å². The first-order chi connectivity index (χ1) is 6.72. The number of ether oxygens (including phenoxy) is 1. The Morgan fingerprint density at radius 1 is 1.43 bits per heavy atom. The van der Waals surface area contributed by atoms with Gasteiger partial charge in [-0.25, -0.2) is 0 Å². The average molecular weight is 215 g/mol. The summed E-state index contributed by atoms with van der Waals surface area (Å²) in [6, 6.07) is 0.159. The van der Waals surface area contributed by atoms with Gasteiger partial charge >= 0.3 is 6.01 Å². The van der Waals surface area contributed by atoms with E-state index in [-0.39, 0.29) is 17.2 Å². The Morgan fingerprint density at radius 2 is 2.21 bits per heavy atom. The number of unbranched alkanes of at least 4 members (excludes halogenated alkanes) is 1. The fourth-order valence-electron chi connectivity index (χ4n) is 0.802. The van der Waals surface area contributed by atoms with Crippen molar-refractivity contribution in [2.75, 3.05) is 12.3 Å². The fraction of sp³-hybridized carbons (Fsp3) is 0.375. The number of anilines is 1. The molecule has 14 heavy (non-hydrogen) atoms. The lowest BCUT2D eigenvalue weighted by molar-refractivity contribution is 0.287. The minimum Gasteiger partial charge on any atom is -0.463 e. The highest BCUT2D eigenvalue weighted by Crippen LogP contribution is 2.09. The highest BCUT2D eigenvalue weighted by atomic mass is 35.5. The van der Waals surface area contributed by atoms with Gasteiger partial charge in [-0.3, -0.25) is 0 Å². The molecule has 1 aromatic heterocycles.